The van der Waals surface area contributed by atoms with E-state index < -0.39 is 0 Å². The van der Waals surface area contributed by atoms with Crippen LogP contribution in [-0.4, -0.2) is 28.8 Å². The minimum atomic E-state index is -0.367. The second-order valence-corrected chi connectivity index (χ2v) is 7.16. The molecule has 118 valence electrons. The number of thioether (sulfide) groups is 1. The highest BCUT2D eigenvalue weighted by molar-refractivity contribution is 8.00. The van der Waals surface area contributed by atoms with Gasteiger partial charge in [-0.15, -0.1) is 10.2 Å². The van der Waals surface area contributed by atoms with Crippen molar-refractivity contribution in [2.45, 2.75) is 29.0 Å². The number of carbonyl (C=O) groups is 1. The first-order valence-corrected chi connectivity index (χ1v) is 8.92. The van der Waals surface area contributed by atoms with Crippen LogP contribution in [0, 0.1) is 11.3 Å². The smallest absolute Gasteiger partial charge is 0.255 e. The highest BCUT2D eigenvalue weighted by Gasteiger charge is 2.24. The number of rotatable bonds is 5. The third-order valence-corrected chi connectivity index (χ3v) is 5.35. The molecule has 1 fully saturated rings. The molecule has 1 aliphatic heterocycles. The fourth-order valence-electron chi connectivity index (χ4n) is 2.11. The summed E-state index contributed by atoms with van der Waals surface area (Å²) in [4.78, 5) is 11.9. The summed E-state index contributed by atoms with van der Waals surface area (Å²) < 4.78 is 6.12. The maximum atomic E-state index is 11.9. The van der Waals surface area contributed by atoms with Crippen molar-refractivity contribution in [1.29, 1.82) is 5.26 Å². The van der Waals surface area contributed by atoms with E-state index in [4.69, 9.17) is 10.00 Å². The van der Waals surface area contributed by atoms with Crippen LogP contribution in [0.25, 0.3) is 0 Å². The van der Waals surface area contributed by atoms with Gasteiger partial charge in [-0.3, -0.25) is 10.1 Å². The first-order valence-electron chi connectivity index (χ1n) is 7.12. The Hall–Kier alpha value is -1.95. The Balaban J connectivity index is 1.52. The van der Waals surface area contributed by atoms with E-state index in [0.717, 1.165) is 28.5 Å². The summed E-state index contributed by atoms with van der Waals surface area (Å²) in [5, 5.41) is 20.1. The van der Waals surface area contributed by atoms with E-state index in [2.05, 4.69) is 21.6 Å². The molecule has 1 N–H and O–H groups in total. The topological polar surface area (TPSA) is 87.9 Å². The normalized spacial score (nSPS) is 16.9. The molecule has 0 unspecified atom stereocenters. The van der Waals surface area contributed by atoms with Crippen LogP contribution < -0.4 is 5.32 Å². The lowest BCUT2D eigenvalue weighted by molar-refractivity contribution is -0.124. The highest BCUT2D eigenvalue weighted by Crippen LogP contribution is 2.28. The SMILES string of the molecule is N#Cc1ccc(CSc2nnc(NC(=O)[C@H]3CCCO3)s2)cc1. The van der Waals surface area contributed by atoms with Gasteiger partial charge in [-0.2, -0.15) is 5.26 Å². The van der Waals surface area contributed by atoms with Gasteiger partial charge in [0.05, 0.1) is 11.6 Å². The molecule has 1 saturated heterocycles. The van der Waals surface area contributed by atoms with Crippen molar-refractivity contribution in [1.82, 2.24) is 10.2 Å². The average Bonchev–Trinajstić information content (AvgIpc) is 3.25. The van der Waals surface area contributed by atoms with Crippen LogP contribution in [0.5, 0.6) is 0 Å². The lowest BCUT2D eigenvalue weighted by atomic mass is 10.2. The molecular weight excluding hydrogens is 332 g/mol. The third-order valence-electron chi connectivity index (χ3n) is 3.30. The molecule has 0 spiro atoms. The Labute approximate surface area is 141 Å². The molecule has 0 bridgehead atoms. The molecule has 23 heavy (non-hydrogen) atoms. The minimum Gasteiger partial charge on any atom is -0.368 e. The average molecular weight is 346 g/mol. The van der Waals surface area contributed by atoms with E-state index >= 15 is 0 Å². The predicted octanol–water partition coefficient (Wildman–Crippen LogP) is 2.82. The van der Waals surface area contributed by atoms with E-state index in [1.807, 2.05) is 12.1 Å². The van der Waals surface area contributed by atoms with Crippen LogP contribution in [0.15, 0.2) is 28.6 Å². The van der Waals surface area contributed by atoms with Crippen molar-refractivity contribution < 1.29 is 9.53 Å². The van der Waals surface area contributed by atoms with Gasteiger partial charge in [-0.25, -0.2) is 0 Å². The number of carbonyl (C=O) groups excluding carboxylic acids is 1. The van der Waals surface area contributed by atoms with E-state index in [0.29, 0.717) is 17.3 Å². The van der Waals surface area contributed by atoms with Gasteiger partial charge in [0.25, 0.3) is 5.91 Å². The monoisotopic (exact) mass is 346 g/mol. The summed E-state index contributed by atoms with van der Waals surface area (Å²) in [6, 6.07) is 9.53. The van der Waals surface area contributed by atoms with E-state index in [9.17, 15) is 4.79 Å². The molecule has 8 heteroatoms. The molecular formula is C15H14N4O2S2. The first kappa shape index (κ1) is 15.9. The zero-order chi connectivity index (χ0) is 16.1. The Bertz CT molecular complexity index is 718. The Morgan fingerprint density at radius 3 is 2.96 bits per heavy atom. The van der Waals surface area contributed by atoms with Gasteiger partial charge in [-0.1, -0.05) is 35.2 Å². The van der Waals surface area contributed by atoms with Gasteiger partial charge in [-0.05, 0) is 30.5 Å². The Morgan fingerprint density at radius 2 is 2.26 bits per heavy atom. The van der Waals surface area contributed by atoms with Crippen molar-refractivity contribution in [3.05, 3.63) is 35.4 Å². The van der Waals surface area contributed by atoms with Crippen LogP contribution in [0.4, 0.5) is 5.13 Å². The standard InChI is InChI=1S/C15H14N4O2S2/c16-8-10-3-5-11(6-4-10)9-22-15-19-18-14(23-15)17-13(20)12-2-1-7-21-12/h3-6,12H,1-2,7,9H2,(H,17,18,20)/t12-/m1/s1. The molecule has 2 heterocycles. The number of aromatic nitrogens is 2. The maximum absolute atomic E-state index is 11.9. The van der Waals surface area contributed by atoms with Gasteiger partial charge in [0.2, 0.25) is 5.13 Å². The van der Waals surface area contributed by atoms with Gasteiger partial charge < -0.3 is 4.74 Å². The number of nitrogens with one attached hydrogen (secondary N) is 1. The number of nitrogens with zero attached hydrogens (tertiary/aromatic N) is 3. The lowest BCUT2D eigenvalue weighted by Crippen LogP contribution is -2.26. The van der Waals surface area contributed by atoms with Crippen molar-refractivity contribution in [2.24, 2.45) is 0 Å². The largest absolute Gasteiger partial charge is 0.368 e. The third kappa shape index (κ3) is 4.28. The first-order chi connectivity index (χ1) is 11.2. The number of hydrogen-bond donors (Lipinski definition) is 1. The summed E-state index contributed by atoms with van der Waals surface area (Å²) in [5.74, 6) is 0.585. The fraction of sp³-hybridized carbons (Fsp3) is 0.333. The van der Waals surface area contributed by atoms with Gasteiger partial charge in [0, 0.05) is 12.4 Å². The van der Waals surface area contributed by atoms with Crippen molar-refractivity contribution >= 4 is 34.1 Å². The second kappa shape index (κ2) is 7.55. The van der Waals surface area contributed by atoms with Crippen LogP contribution in [0.3, 0.4) is 0 Å². The van der Waals surface area contributed by atoms with Crippen LogP contribution in [-0.2, 0) is 15.3 Å². The maximum Gasteiger partial charge on any atom is 0.255 e. The van der Waals surface area contributed by atoms with E-state index in [1.54, 1.807) is 23.9 Å². The number of amides is 1. The molecule has 1 aromatic heterocycles. The number of benzene rings is 1. The molecule has 1 aliphatic rings. The lowest BCUT2D eigenvalue weighted by Gasteiger charge is -2.06. The predicted molar refractivity (Wildman–Crippen MR) is 88.2 cm³/mol. The van der Waals surface area contributed by atoms with Crippen molar-refractivity contribution in [2.75, 3.05) is 11.9 Å². The summed E-state index contributed by atoms with van der Waals surface area (Å²) in [6.07, 6.45) is 1.30. The zero-order valence-electron chi connectivity index (χ0n) is 12.2. The number of ether oxygens (including phenoxy) is 1. The molecule has 1 atom stereocenters. The van der Waals surface area contributed by atoms with Gasteiger partial charge in [0.1, 0.15) is 6.10 Å². The molecule has 1 amide bonds. The van der Waals surface area contributed by atoms with E-state index in [1.165, 1.54) is 11.3 Å². The van der Waals surface area contributed by atoms with Gasteiger partial charge in [0.15, 0.2) is 4.34 Å². The molecule has 3 rings (SSSR count). The summed E-state index contributed by atoms with van der Waals surface area (Å²) >= 11 is 2.89. The number of nitriles is 1. The number of anilines is 1. The fourth-order valence-corrected chi connectivity index (χ4v) is 3.82. The van der Waals surface area contributed by atoms with Crippen LogP contribution in [0.1, 0.15) is 24.0 Å². The molecule has 0 saturated carbocycles. The molecule has 1 aromatic carbocycles. The summed E-state index contributed by atoms with van der Waals surface area (Å²) in [6.45, 7) is 0.639. The molecule has 2 aromatic rings. The summed E-state index contributed by atoms with van der Waals surface area (Å²) in [7, 11) is 0. The van der Waals surface area contributed by atoms with Crippen LogP contribution in [0.2, 0.25) is 0 Å². The Kier molecular flexibility index (Phi) is 5.23. The quantitative estimate of drug-likeness (QED) is 0.661. The molecule has 6 nitrogen and oxygen atoms in total. The highest BCUT2D eigenvalue weighted by atomic mass is 32.2. The van der Waals surface area contributed by atoms with Crippen molar-refractivity contribution in [3.63, 3.8) is 0 Å². The molecule has 0 aliphatic carbocycles. The Morgan fingerprint density at radius 1 is 1.43 bits per heavy atom. The second-order valence-electron chi connectivity index (χ2n) is 4.96. The number of hydrogen-bond acceptors (Lipinski definition) is 7. The van der Waals surface area contributed by atoms with E-state index in [-0.39, 0.29) is 12.0 Å². The van der Waals surface area contributed by atoms with Crippen LogP contribution >= 0.6 is 23.1 Å². The molecule has 0 radical (unpaired) electrons. The zero-order valence-corrected chi connectivity index (χ0v) is 13.8. The van der Waals surface area contributed by atoms with Crippen molar-refractivity contribution in [3.8, 4) is 6.07 Å². The summed E-state index contributed by atoms with van der Waals surface area (Å²) in [5.41, 5.74) is 1.75. The van der Waals surface area contributed by atoms with Gasteiger partial charge >= 0.3 is 0 Å². The minimum absolute atomic E-state index is 0.151.